The number of nitrogens with zero attached hydrogens (tertiary/aromatic N) is 3. The number of hydrogen-bond donors (Lipinski definition) is 2. The standard InChI is InChI=1S/C21H37N5O/c1-9-25(10-2)14-21(7,8)13-22-15(3)16-11-19(27)26-18(23-16)12-17(24-26)20(4,5)6/h11-12,15,22,24H,9-10,13-14H2,1-8H3/t15-/m0/s1. The summed E-state index contributed by atoms with van der Waals surface area (Å²) in [6.45, 7) is 21.4. The quantitative estimate of drug-likeness (QED) is 0.743. The third kappa shape index (κ3) is 5.42. The highest BCUT2D eigenvalue weighted by molar-refractivity contribution is 5.41. The molecular weight excluding hydrogens is 338 g/mol. The Morgan fingerprint density at radius 2 is 1.81 bits per heavy atom. The van der Waals surface area contributed by atoms with Gasteiger partial charge in [0.05, 0.1) is 5.69 Å². The van der Waals surface area contributed by atoms with Gasteiger partial charge >= 0.3 is 0 Å². The fourth-order valence-corrected chi connectivity index (χ4v) is 3.26. The molecule has 0 bridgehead atoms. The molecule has 0 saturated carbocycles. The highest BCUT2D eigenvalue weighted by Crippen LogP contribution is 2.22. The molecule has 0 unspecified atom stereocenters. The lowest BCUT2D eigenvalue weighted by Gasteiger charge is -2.32. The van der Waals surface area contributed by atoms with Gasteiger partial charge in [0.1, 0.15) is 0 Å². The van der Waals surface area contributed by atoms with Crippen LogP contribution in [0.15, 0.2) is 16.9 Å². The predicted molar refractivity (Wildman–Crippen MR) is 112 cm³/mol. The van der Waals surface area contributed by atoms with Crippen LogP contribution in [0, 0.1) is 5.41 Å². The molecule has 6 heteroatoms. The second-order valence-corrected chi connectivity index (χ2v) is 9.36. The van der Waals surface area contributed by atoms with Gasteiger partial charge in [0.25, 0.3) is 5.56 Å². The number of rotatable bonds is 8. The Balaban J connectivity index is 2.15. The Bertz CT molecular complexity index is 808. The molecule has 27 heavy (non-hydrogen) atoms. The Labute approximate surface area is 163 Å². The summed E-state index contributed by atoms with van der Waals surface area (Å²) in [6.07, 6.45) is 0. The van der Waals surface area contributed by atoms with Crippen LogP contribution < -0.4 is 10.9 Å². The molecule has 0 spiro atoms. The van der Waals surface area contributed by atoms with Crippen molar-refractivity contribution in [3.05, 3.63) is 33.9 Å². The van der Waals surface area contributed by atoms with Gasteiger partial charge in [-0.05, 0) is 25.4 Å². The first-order valence-corrected chi connectivity index (χ1v) is 10.1. The molecule has 152 valence electrons. The smallest absolute Gasteiger partial charge is 0.272 e. The van der Waals surface area contributed by atoms with Gasteiger partial charge in [-0.3, -0.25) is 9.89 Å². The molecule has 0 saturated heterocycles. The molecule has 0 amide bonds. The van der Waals surface area contributed by atoms with Gasteiger partial charge in [-0.1, -0.05) is 48.5 Å². The summed E-state index contributed by atoms with van der Waals surface area (Å²) in [6, 6.07) is 3.62. The van der Waals surface area contributed by atoms with Crippen molar-refractivity contribution in [3.8, 4) is 0 Å². The molecule has 6 nitrogen and oxygen atoms in total. The average Bonchev–Trinajstić information content (AvgIpc) is 3.03. The van der Waals surface area contributed by atoms with Crippen LogP contribution in [0.2, 0.25) is 0 Å². The largest absolute Gasteiger partial charge is 0.308 e. The van der Waals surface area contributed by atoms with Gasteiger partial charge < -0.3 is 10.2 Å². The van der Waals surface area contributed by atoms with Crippen LogP contribution in [0.5, 0.6) is 0 Å². The second-order valence-electron chi connectivity index (χ2n) is 9.36. The summed E-state index contributed by atoms with van der Waals surface area (Å²) in [4.78, 5) is 19.7. The molecular formula is C21H37N5O. The zero-order valence-corrected chi connectivity index (χ0v) is 18.3. The van der Waals surface area contributed by atoms with E-state index in [2.05, 4.69) is 70.7 Å². The minimum Gasteiger partial charge on any atom is -0.308 e. The van der Waals surface area contributed by atoms with Crippen LogP contribution in [0.3, 0.4) is 0 Å². The van der Waals surface area contributed by atoms with Crippen LogP contribution in [-0.2, 0) is 5.41 Å². The summed E-state index contributed by atoms with van der Waals surface area (Å²) < 4.78 is 1.53. The molecule has 2 aromatic rings. The van der Waals surface area contributed by atoms with Gasteiger partial charge in [-0.15, -0.1) is 0 Å². The van der Waals surface area contributed by atoms with E-state index in [-0.39, 0.29) is 22.4 Å². The topological polar surface area (TPSA) is 65.4 Å². The second kappa shape index (κ2) is 8.15. The Hall–Kier alpha value is -1.66. The average molecular weight is 376 g/mol. The number of hydrogen-bond acceptors (Lipinski definition) is 4. The van der Waals surface area contributed by atoms with Crippen LogP contribution in [0.25, 0.3) is 5.65 Å². The van der Waals surface area contributed by atoms with Crippen LogP contribution in [0.4, 0.5) is 0 Å². The molecule has 0 aromatic carbocycles. The molecule has 2 heterocycles. The zero-order valence-electron chi connectivity index (χ0n) is 18.3. The zero-order chi connectivity index (χ0) is 20.4. The number of aromatic amines is 1. The first kappa shape index (κ1) is 21.6. The van der Waals surface area contributed by atoms with Crippen molar-refractivity contribution >= 4 is 5.65 Å². The molecule has 2 rings (SSSR count). The lowest BCUT2D eigenvalue weighted by atomic mass is 9.92. The van der Waals surface area contributed by atoms with Crippen LogP contribution in [-0.4, -0.2) is 45.7 Å². The third-order valence-electron chi connectivity index (χ3n) is 5.15. The summed E-state index contributed by atoms with van der Waals surface area (Å²) in [5.41, 5.74) is 2.49. The van der Waals surface area contributed by atoms with Crippen molar-refractivity contribution in [1.29, 1.82) is 0 Å². The van der Waals surface area contributed by atoms with E-state index < -0.39 is 0 Å². The van der Waals surface area contributed by atoms with E-state index in [1.165, 1.54) is 4.52 Å². The molecule has 0 aliphatic heterocycles. The van der Waals surface area contributed by atoms with E-state index in [4.69, 9.17) is 4.98 Å². The minimum absolute atomic E-state index is 0.0201. The van der Waals surface area contributed by atoms with E-state index in [9.17, 15) is 4.79 Å². The van der Waals surface area contributed by atoms with Gasteiger partial charge in [0.2, 0.25) is 0 Å². The highest BCUT2D eigenvalue weighted by Gasteiger charge is 2.23. The van der Waals surface area contributed by atoms with Gasteiger partial charge in [-0.2, -0.15) is 0 Å². The number of nitrogens with one attached hydrogen (secondary N) is 2. The maximum absolute atomic E-state index is 12.5. The van der Waals surface area contributed by atoms with Crippen molar-refractivity contribution in [2.24, 2.45) is 5.41 Å². The summed E-state index contributed by atoms with van der Waals surface area (Å²) in [7, 11) is 0. The van der Waals surface area contributed by atoms with E-state index in [0.717, 1.165) is 37.6 Å². The van der Waals surface area contributed by atoms with Gasteiger partial charge in [0.15, 0.2) is 5.65 Å². The summed E-state index contributed by atoms with van der Waals surface area (Å²) in [5, 5.41) is 6.75. The van der Waals surface area contributed by atoms with E-state index in [1.54, 1.807) is 6.07 Å². The first-order valence-electron chi connectivity index (χ1n) is 10.1. The van der Waals surface area contributed by atoms with E-state index in [1.807, 2.05) is 6.07 Å². The summed E-state index contributed by atoms with van der Waals surface area (Å²) >= 11 is 0. The molecule has 2 aromatic heterocycles. The fraction of sp³-hybridized carbons (Fsp3) is 0.714. The first-order chi connectivity index (χ1) is 12.5. The molecule has 0 fully saturated rings. The highest BCUT2D eigenvalue weighted by atomic mass is 16.1. The Morgan fingerprint density at radius 1 is 1.19 bits per heavy atom. The number of fused-ring (bicyclic) bond motifs is 1. The maximum Gasteiger partial charge on any atom is 0.272 e. The number of aromatic nitrogens is 3. The Kier molecular flexibility index (Phi) is 6.53. The van der Waals surface area contributed by atoms with Crippen LogP contribution >= 0.6 is 0 Å². The van der Waals surface area contributed by atoms with Crippen molar-refractivity contribution in [2.45, 2.75) is 66.8 Å². The molecule has 2 N–H and O–H groups in total. The minimum atomic E-state index is -0.0680. The van der Waals surface area contributed by atoms with Crippen molar-refractivity contribution in [3.63, 3.8) is 0 Å². The van der Waals surface area contributed by atoms with Gasteiger partial charge in [-0.25, -0.2) is 9.50 Å². The maximum atomic E-state index is 12.5. The SMILES string of the molecule is CCN(CC)CC(C)(C)CN[C@@H](C)c1cc(=O)n2[nH]c(C(C)(C)C)cc2n1. The lowest BCUT2D eigenvalue weighted by molar-refractivity contribution is 0.184. The predicted octanol–water partition coefficient (Wildman–Crippen LogP) is 3.34. The van der Waals surface area contributed by atoms with Gasteiger partial charge in [0, 0.05) is 42.4 Å². The van der Waals surface area contributed by atoms with Crippen LogP contribution in [0.1, 0.15) is 72.8 Å². The lowest BCUT2D eigenvalue weighted by Crippen LogP contribution is -2.41. The van der Waals surface area contributed by atoms with E-state index >= 15 is 0 Å². The van der Waals surface area contributed by atoms with Crippen molar-refractivity contribution in [1.82, 2.24) is 24.8 Å². The fourth-order valence-electron chi connectivity index (χ4n) is 3.26. The monoisotopic (exact) mass is 375 g/mol. The molecule has 0 aliphatic carbocycles. The van der Waals surface area contributed by atoms with Crippen molar-refractivity contribution < 1.29 is 0 Å². The third-order valence-corrected chi connectivity index (χ3v) is 5.15. The Morgan fingerprint density at radius 3 is 2.37 bits per heavy atom. The number of H-pyrrole nitrogens is 1. The summed E-state index contributed by atoms with van der Waals surface area (Å²) in [5.74, 6) is 0. The molecule has 1 atom stereocenters. The van der Waals surface area contributed by atoms with Crippen molar-refractivity contribution in [2.75, 3.05) is 26.2 Å². The molecule has 0 radical (unpaired) electrons. The normalized spacial score (nSPS) is 14.3. The molecule has 0 aliphatic rings. The van der Waals surface area contributed by atoms with E-state index in [0.29, 0.717) is 5.65 Å².